The van der Waals surface area contributed by atoms with E-state index in [1.54, 1.807) is 23.3 Å². The van der Waals surface area contributed by atoms with Gasteiger partial charge in [0, 0.05) is 44.6 Å². The molecule has 9 heteroatoms. The van der Waals surface area contributed by atoms with Gasteiger partial charge in [0.2, 0.25) is 0 Å². The molecule has 0 bridgehead atoms. The molecule has 1 aliphatic rings. The Morgan fingerprint density at radius 1 is 1.37 bits per heavy atom. The first-order valence-electron chi connectivity index (χ1n) is 8.99. The third-order valence-corrected chi connectivity index (χ3v) is 4.86. The normalized spacial score (nSPS) is 17.3. The molecule has 0 saturated carbocycles. The topological polar surface area (TPSA) is 103 Å². The monoisotopic (exact) mass is 367 g/mol. The lowest BCUT2D eigenvalue weighted by molar-refractivity contribution is 0.0665. The van der Waals surface area contributed by atoms with Crippen LogP contribution in [0.25, 0.3) is 11.6 Å². The molecule has 3 aromatic rings. The zero-order valence-corrected chi connectivity index (χ0v) is 15.4. The van der Waals surface area contributed by atoms with E-state index in [-0.39, 0.29) is 5.91 Å². The van der Waals surface area contributed by atoms with Crippen molar-refractivity contribution in [2.45, 2.75) is 26.2 Å². The summed E-state index contributed by atoms with van der Waals surface area (Å²) in [5.74, 6) is 1.27. The van der Waals surface area contributed by atoms with Crippen molar-refractivity contribution in [1.29, 1.82) is 0 Å². The molecule has 27 heavy (non-hydrogen) atoms. The molecule has 1 amide bonds. The Morgan fingerprint density at radius 3 is 3.00 bits per heavy atom. The van der Waals surface area contributed by atoms with Crippen LogP contribution < -0.4 is 0 Å². The van der Waals surface area contributed by atoms with Crippen LogP contribution in [0.3, 0.4) is 0 Å². The van der Waals surface area contributed by atoms with Gasteiger partial charge in [-0.2, -0.15) is 10.1 Å². The van der Waals surface area contributed by atoms with Gasteiger partial charge in [0.25, 0.3) is 11.8 Å². The van der Waals surface area contributed by atoms with Gasteiger partial charge in [-0.05, 0) is 31.7 Å². The highest BCUT2D eigenvalue weighted by molar-refractivity contribution is 5.92. The van der Waals surface area contributed by atoms with E-state index in [9.17, 15) is 4.79 Å². The number of aryl methyl sites for hydroxylation is 2. The molecule has 4 heterocycles. The minimum absolute atomic E-state index is 0.0169. The van der Waals surface area contributed by atoms with E-state index in [1.807, 2.05) is 24.9 Å². The van der Waals surface area contributed by atoms with Gasteiger partial charge < -0.3 is 9.42 Å². The molecule has 1 atom stereocenters. The summed E-state index contributed by atoms with van der Waals surface area (Å²) in [6, 6.07) is 1.83. The highest BCUT2D eigenvalue weighted by Gasteiger charge is 2.27. The fourth-order valence-electron chi connectivity index (χ4n) is 3.35. The van der Waals surface area contributed by atoms with Gasteiger partial charge in [0.05, 0.1) is 6.20 Å². The smallest absolute Gasteiger partial charge is 0.278 e. The lowest BCUT2D eigenvalue weighted by Gasteiger charge is -2.31. The van der Waals surface area contributed by atoms with E-state index < -0.39 is 0 Å². The fourth-order valence-corrected chi connectivity index (χ4v) is 3.35. The number of amides is 1. The van der Waals surface area contributed by atoms with Crippen molar-refractivity contribution in [1.82, 2.24) is 34.8 Å². The Kier molecular flexibility index (Phi) is 4.66. The third kappa shape index (κ3) is 3.71. The van der Waals surface area contributed by atoms with Crippen LogP contribution in [0.4, 0.5) is 0 Å². The molecular formula is C18H21N7O2. The van der Waals surface area contributed by atoms with Crippen LogP contribution in [0.5, 0.6) is 0 Å². The number of likely N-dealkylation sites (tertiary alicyclic amines) is 1. The van der Waals surface area contributed by atoms with Gasteiger partial charge in [-0.3, -0.25) is 14.5 Å². The number of hydrogen-bond donors (Lipinski definition) is 0. The Balaban J connectivity index is 1.41. The summed E-state index contributed by atoms with van der Waals surface area (Å²) in [6.45, 7) is 3.36. The minimum Gasteiger partial charge on any atom is -0.337 e. The summed E-state index contributed by atoms with van der Waals surface area (Å²) in [4.78, 5) is 27.2. The van der Waals surface area contributed by atoms with Gasteiger partial charge in [0.1, 0.15) is 5.69 Å². The molecule has 9 nitrogen and oxygen atoms in total. The zero-order chi connectivity index (χ0) is 18.8. The minimum atomic E-state index is -0.0169. The van der Waals surface area contributed by atoms with E-state index in [0.717, 1.165) is 25.1 Å². The van der Waals surface area contributed by atoms with Crippen molar-refractivity contribution in [3.8, 4) is 11.6 Å². The number of carbonyl (C=O) groups excluding carboxylic acids is 1. The van der Waals surface area contributed by atoms with Crippen LogP contribution in [0.15, 0.2) is 29.2 Å². The molecule has 1 unspecified atom stereocenters. The summed E-state index contributed by atoms with van der Waals surface area (Å²) >= 11 is 0. The first kappa shape index (κ1) is 17.3. The standard InChI is InChI=1S/C18H21N7O2/c1-12-8-14(22-24(12)2)18(26)25-7-3-4-13(11-25)9-16-21-17(27-23-16)15-10-19-5-6-20-15/h5-6,8,10,13H,3-4,7,9,11H2,1-2H3. The molecule has 1 aliphatic heterocycles. The summed E-state index contributed by atoms with van der Waals surface area (Å²) < 4.78 is 7.02. The Morgan fingerprint density at radius 2 is 2.26 bits per heavy atom. The Bertz CT molecular complexity index is 915. The number of nitrogens with zero attached hydrogens (tertiary/aromatic N) is 7. The molecule has 0 aliphatic carbocycles. The molecule has 1 fully saturated rings. The maximum absolute atomic E-state index is 12.7. The first-order chi connectivity index (χ1) is 13.1. The second-order valence-corrected chi connectivity index (χ2v) is 6.86. The van der Waals surface area contributed by atoms with E-state index in [1.165, 1.54) is 0 Å². The molecule has 3 aromatic heterocycles. The summed E-state index contributed by atoms with van der Waals surface area (Å²) in [5.41, 5.74) is 2.03. The van der Waals surface area contributed by atoms with Crippen LogP contribution in [-0.2, 0) is 13.5 Å². The van der Waals surface area contributed by atoms with Gasteiger partial charge in [-0.1, -0.05) is 5.16 Å². The Hall–Kier alpha value is -3.10. The number of rotatable bonds is 4. The van der Waals surface area contributed by atoms with E-state index in [4.69, 9.17) is 4.52 Å². The van der Waals surface area contributed by atoms with E-state index in [2.05, 4.69) is 25.2 Å². The van der Waals surface area contributed by atoms with E-state index in [0.29, 0.717) is 42.0 Å². The Labute approximate surface area is 156 Å². The van der Waals surface area contributed by atoms with Crippen molar-refractivity contribution in [3.05, 3.63) is 41.9 Å². The van der Waals surface area contributed by atoms with Gasteiger partial charge in [-0.15, -0.1) is 0 Å². The maximum atomic E-state index is 12.7. The number of piperidine rings is 1. The summed E-state index contributed by atoms with van der Waals surface area (Å²) in [7, 11) is 1.84. The molecule has 0 aromatic carbocycles. The SMILES string of the molecule is Cc1cc(C(=O)N2CCCC(Cc3noc(-c4cnccn4)n3)C2)nn1C. The van der Waals surface area contributed by atoms with Crippen molar-refractivity contribution >= 4 is 5.91 Å². The molecule has 0 spiro atoms. The van der Waals surface area contributed by atoms with E-state index >= 15 is 0 Å². The van der Waals surface area contributed by atoms with Crippen molar-refractivity contribution < 1.29 is 9.32 Å². The molecule has 1 saturated heterocycles. The van der Waals surface area contributed by atoms with Crippen molar-refractivity contribution in [3.63, 3.8) is 0 Å². The molecule has 0 N–H and O–H groups in total. The average Bonchev–Trinajstić information content (AvgIpc) is 3.29. The van der Waals surface area contributed by atoms with Gasteiger partial charge in [0.15, 0.2) is 11.5 Å². The van der Waals surface area contributed by atoms with Crippen LogP contribution in [0, 0.1) is 12.8 Å². The van der Waals surface area contributed by atoms with Gasteiger partial charge in [-0.25, -0.2) is 4.98 Å². The molecular weight excluding hydrogens is 346 g/mol. The summed E-state index contributed by atoms with van der Waals surface area (Å²) in [5, 5.41) is 8.36. The molecule has 4 rings (SSSR count). The van der Waals surface area contributed by atoms with Crippen molar-refractivity contribution in [2.24, 2.45) is 13.0 Å². The lowest BCUT2D eigenvalue weighted by Crippen LogP contribution is -2.40. The van der Waals surface area contributed by atoms with Crippen molar-refractivity contribution in [2.75, 3.05) is 13.1 Å². The second-order valence-electron chi connectivity index (χ2n) is 6.86. The molecule has 0 radical (unpaired) electrons. The van der Waals surface area contributed by atoms with Crippen LogP contribution in [0.2, 0.25) is 0 Å². The zero-order valence-electron chi connectivity index (χ0n) is 15.4. The lowest BCUT2D eigenvalue weighted by atomic mass is 9.94. The number of hydrogen-bond acceptors (Lipinski definition) is 7. The third-order valence-electron chi connectivity index (χ3n) is 4.86. The predicted octanol–water partition coefficient (Wildman–Crippen LogP) is 1.66. The summed E-state index contributed by atoms with van der Waals surface area (Å²) in [6.07, 6.45) is 7.42. The highest BCUT2D eigenvalue weighted by Crippen LogP contribution is 2.22. The predicted molar refractivity (Wildman–Crippen MR) is 95.6 cm³/mol. The van der Waals surface area contributed by atoms with Crippen LogP contribution in [0.1, 0.15) is 34.8 Å². The quantitative estimate of drug-likeness (QED) is 0.691. The maximum Gasteiger partial charge on any atom is 0.278 e. The number of carbonyl (C=O) groups is 1. The number of aromatic nitrogens is 6. The second kappa shape index (κ2) is 7.26. The van der Waals surface area contributed by atoms with Crippen LogP contribution >= 0.6 is 0 Å². The largest absolute Gasteiger partial charge is 0.337 e. The average molecular weight is 367 g/mol. The van der Waals surface area contributed by atoms with Crippen LogP contribution in [-0.4, -0.2) is 53.8 Å². The molecule has 140 valence electrons. The fraction of sp³-hybridized carbons (Fsp3) is 0.444. The van der Waals surface area contributed by atoms with Gasteiger partial charge >= 0.3 is 0 Å². The highest BCUT2D eigenvalue weighted by atomic mass is 16.5. The first-order valence-corrected chi connectivity index (χ1v) is 8.99.